The molecule has 29 heavy (non-hydrogen) atoms. The Bertz CT molecular complexity index is 886. The van der Waals surface area contributed by atoms with Crippen molar-refractivity contribution >= 4 is 5.91 Å². The minimum atomic E-state index is -0.0378. The Balaban J connectivity index is 1.63. The Labute approximate surface area is 171 Å². The first-order valence-electron chi connectivity index (χ1n) is 10.6. The summed E-state index contributed by atoms with van der Waals surface area (Å²) in [7, 11) is 1.76. The van der Waals surface area contributed by atoms with E-state index < -0.39 is 0 Å². The van der Waals surface area contributed by atoms with Gasteiger partial charge in [0.25, 0.3) is 0 Å². The summed E-state index contributed by atoms with van der Waals surface area (Å²) >= 11 is 0. The van der Waals surface area contributed by atoms with E-state index in [9.17, 15) is 4.79 Å². The van der Waals surface area contributed by atoms with Gasteiger partial charge in [0.2, 0.25) is 5.91 Å². The third kappa shape index (κ3) is 3.80. The number of carbonyl (C=O) groups excluding carboxylic acids is 1. The highest BCUT2D eigenvalue weighted by Crippen LogP contribution is 2.40. The van der Waals surface area contributed by atoms with Crippen LogP contribution < -0.4 is 0 Å². The minimum absolute atomic E-state index is 0.0378. The standard InChI is InChI=1S/C22H30N4O3/c1-13-14(2)25-29-21(13)18-12-23-15(3)24-20(18)19-6-5-11-26(19)22(27)16-7-9-17(28-4)10-8-16/h12,16-17,19H,5-11H2,1-4H3. The van der Waals surface area contributed by atoms with Crippen molar-refractivity contribution < 1.29 is 14.1 Å². The van der Waals surface area contributed by atoms with Crippen molar-refractivity contribution in [2.75, 3.05) is 13.7 Å². The van der Waals surface area contributed by atoms with Crippen LogP contribution in [0.4, 0.5) is 0 Å². The quantitative estimate of drug-likeness (QED) is 0.776. The molecule has 0 N–H and O–H groups in total. The molecule has 7 nitrogen and oxygen atoms in total. The molecule has 1 atom stereocenters. The zero-order chi connectivity index (χ0) is 20.5. The first-order valence-corrected chi connectivity index (χ1v) is 10.6. The Kier molecular flexibility index (Phi) is 5.67. The maximum Gasteiger partial charge on any atom is 0.226 e. The summed E-state index contributed by atoms with van der Waals surface area (Å²) in [5.41, 5.74) is 3.59. The van der Waals surface area contributed by atoms with Crippen LogP contribution >= 0.6 is 0 Å². The largest absolute Gasteiger partial charge is 0.381 e. The van der Waals surface area contributed by atoms with E-state index in [-0.39, 0.29) is 17.9 Å². The third-order valence-corrected chi connectivity index (χ3v) is 6.55. The van der Waals surface area contributed by atoms with Gasteiger partial charge in [-0.15, -0.1) is 0 Å². The second-order valence-electron chi connectivity index (χ2n) is 8.34. The van der Waals surface area contributed by atoms with E-state index in [0.717, 1.165) is 67.6 Å². The molecule has 1 saturated heterocycles. The molecule has 0 radical (unpaired) electrons. The monoisotopic (exact) mass is 398 g/mol. The van der Waals surface area contributed by atoms with Gasteiger partial charge in [-0.1, -0.05) is 5.16 Å². The summed E-state index contributed by atoms with van der Waals surface area (Å²) in [5.74, 6) is 1.76. The van der Waals surface area contributed by atoms with Crippen LogP contribution in [0.1, 0.15) is 67.3 Å². The SMILES string of the molecule is COC1CCC(C(=O)N2CCCC2c2nc(C)ncc2-c2onc(C)c2C)CC1. The highest BCUT2D eigenvalue weighted by atomic mass is 16.5. The van der Waals surface area contributed by atoms with Crippen LogP contribution in [-0.2, 0) is 9.53 Å². The zero-order valence-corrected chi connectivity index (χ0v) is 17.8. The topological polar surface area (TPSA) is 81.4 Å². The molecule has 3 heterocycles. The number of aromatic nitrogens is 3. The van der Waals surface area contributed by atoms with Gasteiger partial charge in [-0.25, -0.2) is 9.97 Å². The summed E-state index contributed by atoms with van der Waals surface area (Å²) in [6.45, 7) is 6.60. The second kappa shape index (κ2) is 8.22. The van der Waals surface area contributed by atoms with E-state index in [1.165, 1.54) is 0 Å². The van der Waals surface area contributed by atoms with Crippen LogP contribution in [0.25, 0.3) is 11.3 Å². The van der Waals surface area contributed by atoms with Crippen LogP contribution in [-0.4, -0.2) is 45.7 Å². The van der Waals surface area contributed by atoms with Gasteiger partial charge < -0.3 is 14.2 Å². The third-order valence-electron chi connectivity index (χ3n) is 6.55. The molecule has 1 aliphatic heterocycles. The number of hydrogen-bond donors (Lipinski definition) is 0. The van der Waals surface area contributed by atoms with Crippen LogP contribution in [0.15, 0.2) is 10.7 Å². The molecule has 2 fully saturated rings. The Hall–Kier alpha value is -2.28. The first-order chi connectivity index (χ1) is 14.0. The number of ether oxygens (including phenoxy) is 1. The summed E-state index contributed by atoms with van der Waals surface area (Å²) < 4.78 is 11.1. The number of carbonyl (C=O) groups is 1. The molecular formula is C22H30N4O3. The maximum atomic E-state index is 13.4. The van der Waals surface area contributed by atoms with Gasteiger partial charge >= 0.3 is 0 Å². The summed E-state index contributed by atoms with van der Waals surface area (Å²) in [5, 5.41) is 4.10. The van der Waals surface area contributed by atoms with Gasteiger partial charge in [-0.05, 0) is 59.3 Å². The van der Waals surface area contributed by atoms with Crippen molar-refractivity contribution in [1.29, 1.82) is 0 Å². The van der Waals surface area contributed by atoms with Gasteiger partial charge in [0, 0.05) is 31.3 Å². The molecule has 1 amide bonds. The Morgan fingerprint density at radius 2 is 1.93 bits per heavy atom. The fraction of sp³-hybridized carbons (Fsp3) is 0.636. The average molecular weight is 399 g/mol. The molecule has 0 bridgehead atoms. The van der Waals surface area contributed by atoms with Crippen LogP contribution in [0.5, 0.6) is 0 Å². The number of amides is 1. The lowest BCUT2D eigenvalue weighted by molar-refractivity contribution is -0.138. The molecule has 1 aliphatic carbocycles. The zero-order valence-electron chi connectivity index (χ0n) is 17.8. The Morgan fingerprint density at radius 3 is 2.59 bits per heavy atom. The molecule has 1 unspecified atom stereocenters. The van der Waals surface area contributed by atoms with Crippen LogP contribution in [0.3, 0.4) is 0 Å². The van der Waals surface area contributed by atoms with Gasteiger partial charge in [0.1, 0.15) is 5.82 Å². The predicted molar refractivity (Wildman–Crippen MR) is 108 cm³/mol. The highest BCUT2D eigenvalue weighted by Gasteiger charge is 2.38. The van der Waals surface area contributed by atoms with Crippen LogP contribution in [0.2, 0.25) is 0 Å². The minimum Gasteiger partial charge on any atom is -0.381 e. The predicted octanol–water partition coefficient (Wildman–Crippen LogP) is 3.93. The maximum absolute atomic E-state index is 13.4. The molecule has 156 valence electrons. The van der Waals surface area contributed by atoms with E-state index in [2.05, 4.69) is 10.1 Å². The molecule has 2 aliphatic rings. The van der Waals surface area contributed by atoms with Crippen molar-refractivity contribution in [1.82, 2.24) is 20.0 Å². The van der Waals surface area contributed by atoms with E-state index in [0.29, 0.717) is 17.7 Å². The highest BCUT2D eigenvalue weighted by molar-refractivity contribution is 5.80. The van der Waals surface area contributed by atoms with Gasteiger partial charge in [-0.3, -0.25) is 4.79 Å². The molecular weight excluding hydrogens is 368 g/mol. The summed E-state index contributed by atoms with van der Waals surface area (Å²) in [6, 6.07) is -0.0378. The average Bonchev–Trinajstić information content (AvgIpc) is 3.35. The van der Waals surface area contributed by atoms with Crippen molar-refractivity contribution in [2.45, 2.75) is 71.4 Å². The number of methoxy groups -OCH3 is 1. The number of nitrogens with zero attached hydrogens (tertiary/aromatic N) is 4. The van der Waals surface area contributed by atoms with Crippen molar-refractivity contribution in [2.24, 2.45) is 5.92 Å². The summed E-state index contributed by atoms with van der Waals surface area (Å²) in [4.78, 5) is 24.6. The van der Waals surface area contributed by atoms with Crippen molar-refractivity contribution in [3.05, 3.63) is 29.0 Å². The van der Waals surface area contributed by atoms with Crippen LogP contribution in [0, 0.1) is 26.7 Å². The van der Waals surface area contributed by atoms with Gasteiger partial charge in [0.15, 0.2) is 5.76 Å². The second-order valence-corrected chi connectivity index (χ2v) is 8.34. The summed E-state index contributed by atoms with van der Waals surface area (Å²) in [6.07, 6.45) is 7.72. The number of hydrogen-bond acceptors (Lipinski definition) is 6. The first kappa shape index (κ1) is 20.0. The number of rotatable bonds is 4. The lowest BCUT2D eigenvalue weighted by Crippen LogP contribution is -2.38. The fourth-order valence-corrected chi connectivity index (χ4v) is 4.68. The van der Waals surface area contributed by atoms with Gasteiger partial charge in [-0.2, -0.15) is 0 Å². The van der Waals surface area contributed by atoms with Gasteiger partial charge in [0.05, 0.1) is 29.1 Å². The molecule has 2 aromatic heterocycles. The van der Waals surface area contributed by atoms with E-state index in [4.69, 9.17) is 14.2 Å². The molecule has 7 heteroatoms. The Morgan fingerprint density at radius 1 is 1.17 bits per heavy atom. The molecule has 0 aromatic carbocycles. The van der Waals surface area contributed by atoms with Crippen molar-refractivity contribution in [3.8, 4) is 11.3 Å². The van der Waals surface area contributed by atoms with Crippen molar-refractivity contribution in [3.63, 3.8) is 0 Å². The molecule has 2 aromatic rings. The number of aryl methyl sites for hydroxylation is 2. The lowest BCUT2D eigenvalue weighted by atomic mass is 9.86. The fourth-order valence-electron chi connectivity index (χ4n) is 4.68. The molecule has 1 saturated carbocycles. The molecule has 0 spiro atoms. The normalized spacial score (nSPS) is 24.8. The van der Waals surface area contributed by atoms with E-state index in [1.54, 1.807) is 7.11 Å². The number of likely N-dealkylation sites (tertiary alicyclic amines) is 1. The smallest absolute Gasteiger partial charge is 0.226 e. The van der Waals surface area contributed by atoms with E-state index >= 15 is 0 Å². The van der Waals surface area contributed by atoms with E-state index in [1.807, 2.05) is 31.9 Å². The molecule has 4 rings (SSSR count). The lowest BCUT2D eigenvalue weighted by Gasteiger charge is -2.33.